The van der Waals surface area contributed by atoms with Gasteiger partial charge in [0.25, 0.3) is 0 Å². The second-order valence-corrected chi connectivity index (χ2v) is 5.07. The first-order valence-electron chi connectivity index (χ1n) is 5.07. The number of carbonyl (C=O) groups excluding carboxylic acids is 1. The van der Waals surface area contributed by atoms with Crippen molar-refractivity contribution in [3.05, 3.63) is 35.9 Å². The van der Waals surface area contributed by atoms with Crippen LogP contribution in [0.5, 0.6) is 0 Å². The van der Waals surface area contributed by atoms with Crippen molar-refractivity contribution in [2.75, 3.05) is 14.2 Å². The summed E-state index contributed by atoms with van der Waals surface area (Å²) < 4.78 is 25.1. The van der Waals surface area contributed by atoms with E-state index < -0.39 is 13.8 Å². The van der Waals surface area contributed by atoms with Crippen LogP contribution in [-0.4, -0.2) is 20.2 Å². The Balaban J connectivity index is 2.43. The van der Waals surface area contributed by atoms with Crippen LogP contribution in [0.1, 0.15) is 12.0 Å². The van der Waals surface area contributed by atoms with E-state index in [2.05, 4.69) is 13.6 Å². The molecule has 0 aliphatic heterocycles. The average molecular weight is 258 g/mol. The smallest absolute Gasteiger partial charge is 0.370 e. The monoisotopic (exact) mass is 258 g/mol. The number of hydrogen-bond donors (Lipinski definition) is 0. The molecule has 0 radical (unpaired) electrons. The summed E-state index contributed by atoms with van der Waals surface area (Å²) in [4.78, 5) is 11.4. The number of rotatable bonds is 6. The Morgan fingerprint density at radius 2 is 1.76 bits per heavy atom. The van der Waals surface area contributed by atoms with Crippen LogP contribution in [0, 0.1) is 0 Å². The fourth-order valence-electron chi connectivity index (χ4n) is 1.21. The van der Waals surface area contributed by atoms with Crippen molar-refractivity contribution < 1.29 is 22.9 Å². The van der Waals surface area contributed by atoms with Gasteiger partial charge in [-0.3, -0.25) is 13.8 Å². The molecule has 0 aliphatic carbocycles. The number of aryl methyl sites for hydroxylation is 1. The van der Waals surface area contributed by atoms with Crippen molar-refractivity contribution in [3.8, 4) is 0 Å². The van der Waals surface area contributed by atoms with Crippen LogP contribution in [0.25, 0.3) is 0 Å². The minimum atomic E-state index is -3.71. The van der Waals surface area contributed by atoms with Gasteiger partial charge in [0.05, 0.1) is 0 Å². The number of phosphoric ester groups is 1. The quantitative estimate of drug-likeness (QED) is 0.734. The summed E-state index contributed by atoms with van der Waals surface area (Å²) >= 11 is 0. The van der Waals surface area contributed by atoms with Crippen LogP contribution in [0.3, 0.4) is 0 Å². The van der Waals surface area contributed by atoms with Gasteiger partial charge in [0.2, 0.25) is 0 Å². The topological polar surface area (TPSA) is 61.8 Å². The SMILES string of the molecule is COP(=O)(OC)OC(=O)CCc1ccccc1. The molecular weight excluding hydrogens is 243 g/mol. The Kier molecular flexibility index (Phi) is 5.35. The first-order valence-corrected chi connectivity index (χ1v) is 6.53. The third kappa shape index (κ3) is 4.69. The summed E-state index contributed by atoms with van der Waals surface area (Å²) in [5.74, 6) is -0.610. The lowest BCUT2D eigenvalue weighted by atomic mass is 10.1. The van der Waals surface area contributed by atoms with E-state index >= 15 is 0 Å². The molecule has 0 spiro atoms. The van der Waals surface area contributed by atoms with Gasteiger partial charge in [-0.25, -0.2) is 4.57 Å². The highest BCUT2D eigenvalue weighted by atomic mass is 31.2. The molecule has 94 valence electrons. The predicted octanol–water partition coefficient (Wildman–Crippen LogP) is 2.56. The van der Waals surface area contributed by atoms with Crippen molar-refractivity contribution in [2.45, 2.75) is 12.8 Å². The molecule has 1 aromatic carbocycles. The van der Waals surface area contributed by atoms with Gasteiger partial charge in [-0.1, -0.05) is 30.3 Å². The van der Waals surface area contributed by atoms with E-state index in [1.165, 1.54) is 0 Å². The van der Waals surface area contributed by atoms with Gasteiger partial charge < -0.3 is 4.52 Å². The minimum Gasteiger partial charge on any atom is -0.370 e. The molecule has 1 aromatic rings. The maximum absolute atomic E-state index is 11.5. The molecule has 6 heteroatoms. The fraction of sp³-hybridized carbons (Fsp3) is 0.364. The highest BCUT2D eigenvalue weighted by molar-refractivity contribution is 7.49. The average Bonchev–Trinajstić information content (AvgIpc) is 2.37. The van der Waals surface area contributed by atoms with Crippen molar-refractivity contribution in [1.29, 1.82) is 0 Å². The van der Waals surface area contributed by atoms with Crippen molar-refractivity contribution >= 4 is 13.8 Å². The van der Waals surface area contributed by atoms with Crippen LogP contribution in [0.4, 0.5) is 0 Å². The van der Waals surface area contributed by atoms with Gasteiger partial charge >= 0.3 is 13.8 Å². The molecular formula is C11H15O5P. The highest BCUT2D eigenvalue weighted by Crippen LogP contribution is 2.47. The Morgan fingerprint density at radius 3 is 2.29 bits per heavy atom. The largest absolute Gasteiger partial charge is 0.531 e. The van der Waals surface area contributed by atoms with E-state index in [1.807, 2.05) is 30.3 Å². The molecule has 0 aromatic heterocycles. The maximum atomic E-state index is 11.5. The molecule has 0 fully saturated rings. The van der Waals surface area contributed by atoms with Crippen molar-refractivity contribution in [2.24, 2.45) is 0 Å². The third-order valence-corrected chi connectivity index (χ3v) is 3.44. The molecule has 1 rings (SSSR count). The molecule has 5 nitrogen and oxygen atoms in total. The normalized spacial score (nSPS) is 11.2. The Labute approximate surface area is 100 Å². The zero-order valence-electron chi connectivity index (χ0n) is 9.79. The summed E-state index contributed by atoms with van der Waals surface area (Å²) in [5.41, 5.74) is 1.01. The lowest BCUT2D eigenvalue weighted by Gasteiger charge is -2.12. The van der Waals surface area contributed by atoms with Gasteiger partial charge in [0.15, 0.2) is 0 Å². The number of carbonyl (C=O) groups is 1. The van der Waals surface area contributed by atoms with Crippen LogP contribution < -0.4 is 0 Å². The van der Waals surface area contributed by atoms with E-state index in [9.17, 15) is 9.36 Å². The molecule has 0 saturated carbocycles. The van der Waals surface area contributed by atoms with E-state index in [1.54, 1.807) is 0 Å². The molecule has 0 aliphatic rings. The van der Waals surface area contributed by atoms with Gasteiger partial charge in [0.1, 0.15) is 0 Å². The molecule has 0 atom stereocenters. The molecule has 0 heterocycles. The Hall–Kier alpha value is -1.16. The maximum Gasteiger partial charge on any atom is 0.531 e. The fourth-order valence-corrected chi connectivity index (χ4v) is 1.85. The predicted molar refractivity (Wildman–Crippen MR) is 62.5 cm³/mol. The van der Waals surface area contributed by atoms with E-state index in [0.29, 0.717) is 6.42 Å². The number of benzene rings is 1. The standard InChI is InChI=1S/C11H15O5P/c1-14-17(13,15-2)16-11(12)9-8-10-6-4-3-5-7-10/h3-7H,8-9H2,1-2H3. The second-order valence-electron chi connectivity index (χ2n) is 3.26. The molecule has 0 saturated heterocycles. The summed E-state index contributed by atoms with van der Waals surface area (Å²) in [6.07, 6.45) is 0.647. The van der Waals surface area contributed by atoms with E-state index in [0.717, 1.165) is 19.8 Å². The minimum absolute atomic E-state index is 0.126. The Bertz CT molecular complexity index is 396. The lowest BCUT2D eigenvalue weighted by molar-refractivity contribution is -0.136. The molecule has 0 unspecified atom stereocenters. The van der Waals surface area contributed by atoms with E-state index in [4.69, 9.17) is 0 Å². The van der Waals surface area contributed by atoms with Gasteiger partial charge in [0, 0.05) is 20.6 Å². The number of hydrogen-bond acceptors (Lipinski definition) is 5. The zero-order valence-corrected chi connectivity index (χ0v) is 10.7. The summed E-state index contributed by atoms with van der Waals surface area (Å²) in [7, 11) is -1.39. The van der Waals surface area contributed by atoms with Gasteiger partial charge in [-0.05, 0) is 12.0 Å². The van der Waals surface area contributed by atoms with Gasteiger partial charge in [-0.15, -0.1) is 0 Å². The molecule has 0 amide bonds. The highest BCUT2D eigenvalue weighted by Gasteiger charge is 2.27. The summed E-state index contributed by atoms with van der Waals surface area (Å²) in [6, 6.07) is 9.47. The van der Waals surface area contributed by atoms with Crippen LogP contribution in [0.2, 0.25) is 0 Å². The van der Waals surface area contributed by atoms with Crippen molar-refractivity contribution in [3.63, 3.8) is 0 Å². The third-order valence-electron chi connectivity index (χ3n) is 2.12. The van der Waals surface area contributed by atoms with Crippen LogP contribution >= 0.6 is 7.82 Å². The van der Waals surface area contributed by atoms with Crippen molar-refractivity contribution in [1.82, 2.24) is 0 Å². The lowest BCUT2D eigenvalue weighted by Crippen LogP contribution is -2.06. The molecule has 0 bridgehead atoms. The van der Waals surface area contributed by atoms with E-state index in [-0.39, 0.29) is 6.42 Å². The Morgan fingerprint density at radius 1 is 1.18 bits per heavy atom. The van der Waals surface area contributed by atoms with Crippen LogP contribution in [-0.2, 0) is 29.4 Å². The summed E-state index contributed by atoms with van der Waals surface area (Å²) in [5, 5.41) is 0. The zero-order chi connectivity index (χ0) is 12.7. The number of phosphoric acid groups is 1. The first-order chi connectivity index (χ1) is 8.09. The second kappa shape index (κ2) is 6.55. The molecule has 0 N–H and O–H groups in total. The van der Waals surface area contributed by atoms with Gasteiger partial charge in [-0.2, -0.15) is 0 Å². The molecule has 17 heavy (non-hydrogen) atoms. The summed E-state index contributed by atoms with van der Waals surface area (Å²) in [6.45, 7) is 0. The first kappa shape index (κ1) is 13.9. The van der Waals surface area contributed by atoms with Crippen LogP contribution in [0.15, 0.2) is 30.3 Å².